The van der Waals surface area contributed by atoms with E-state index < -0.39 is 4.92 Å². The normalized spacial score (nSPS) is 13.7. The van der Waals surface area contributed by atoms with Crippen molar-refractivity contribution in [1.82, 2.24) is 0 Å². The highest BCUT2D eigenvalue weighted by Gasteiger charge is 2.24. The molecule has 4 nitrogen and oxygen atoms in total. The second-order valence-corrected chi connectivity index (χ2v) is 4.94. The lowest BCUT2D eigenvalue weighted by atomic mass is 9.83. The fourth-order valence-corrected chi connectivity index (χ4v) is 2.86. The highest BCUT2D eigenvalue weighted by molar-refractivity contribution is 6.19. The van der Waals surface area contributed by atoms with Gasteiger partial charge in [-0.15, -0.1) is 0 Å². The third-order valence-electron chi connectivity index (χ3n) is 3.82. The number of hydrogen-bond acceptors (Lipinski definition) is 3. The molecule has 0 atom stereocenters. The minimum Gasteiger partial charge on any atom is -0.298 e. The highest BCUT2D eigenvalue weighted by atomic mass is 16.6. The lowest BCUT2D eigenvalue weighted by Gasteiger charge is -2.20. The number of carbonyl (C=O) groups is 1. The number of hydrogen-bond donors (Lipinski definition) is 0. The quantitative estimate of drug-likeness (QED) is 0.489. The summed E-state index contributed by atoms with van der Waals surface area (Å²) in [7, 11) is 0. The first kappa shape index (κ1) is 13.2. The monoisotopic (exact) mass is 279 g/mol. The Bertz CT molecular complexity index is 762. The van der Waals surface area contributed by atoms with Crippen molar-refractivity contribution in [3.63, 3.8) is 0 Å². The van der Waals surface area contributed by atoms with Crippen molar-refractivity contribution < 1.29 is 9.72 Å². The summed E-state index contributed by atoms with van der Waals surface area (Å²) in [5.41, 5.74) is 3.90. The lowest BCUT2D eigenvalue weighted by molar-refractivity contribution is -0.385. The Morgan fingerprint density at radius 2 is 1.62 bits per heavy atom. The van der Waals surface area contributed by atoms with Crippen molar-refractivity contribution in [3.05, 3.63) is 75.3 Å². The molecule has 0 saturated carbocycles. The third-order valence-corrected chi connectivity index (χ3v) is 3.82. The van der Waals surface area contributed by atoms with Crippen molar-refractivity contribution in [2.75, 3.05) is 0 Å². The first-order valence-corrected chi connectivity index (χ1v) is 6.72. The van der Waals surface area contributed by atoms with Crippen LogP contribution in [-0.4, -0.2) is 11.2 Å². The van der Waals surface area contributed by atoms with Crippen LogP contribution in [0.5, 0.6) is 0 Å². The van der Waals surface area contributed by atoms with Crippen LogP contribution in [0.1, 0.15) is 23.1 Å². The van der Waals surface area contributed by atoms with Gasteiger partial charge >= 0.3 is 0 Å². The van der Waals surface area contributed by atoms with Crippen LogP contribution in [0, 0.1) is 10.1 Å². The Hall–Kier alpha value is -2.75. The van der Waals surface area contributed by atoms with Crippen molar-refractivity contribution in [2.24, 2.45) is 0 Å². The van der Waals surface area contributed by atoms with Crippen molar-refractivity contribution in [2.45, 2.75) is 12.8 Å². The van der Waals surface area contributed by atoms with Gasteiger partial charge in [0, 0.05) is 11.6 Å². The molecule has 104 valence electrons. The van der Waals surface area contributed by atoms with E-state index >= 15 is 0 Å². The van der Waals surface area contributed by atoms with Crippen LogP contribution in [0.15, 0.2) is 48.5 Å². The Labute approximate surface area is 121 Å². The first-order valence-electron chi connectivity index (χ1n) is 6.72. The molecule has 0 radical (unpaired) electrons. The summed E-state index contributed by atoms with van der Waals surface area (Å²) in [6.45, 7) is 0. The van der Waals surface area contributed by atoms with Gasteiger partial charge in [0.15, 0.2) is 6.29 Å². The molecule has 0 unspecified atom stereocenters. The summed E-state index contributed by atoms with van der Waals surface area (Å²) >= 11 is 0. The molecule has 0 fully saturated rings. The number of nitro groups is 1. The fourth-order valence-electron chi connectivity index (χ4n) is 2.86. The number of benzene rings is 2. The van der Waals surface area contributed by atoms with Crippen molar-refractivity contribution >= 4 is 23.1 Å². The lowest BCUT2D eigenvalue weighted by Crippen LogP contribution is -2.07. The molecule has 0 aromatic heterocycles. The molecule has 0 aliphatic heterocycles. The average Bonchev–Trinajstić information content (AvgIpc) is 2.53. The molecule has 0 N–H and O–H groups in total. The summed E-state index contributed by atoms with van der Waals surface area (Å²) in [4.78, 5) is 22.4. The third kappa shape index (κ3) is 2.25. The van der Waals surface area contributed by atoms with Crippen molar-refractivity contribution in [1.29, 1.82) is 0 Å². The summed E-state index contributed by atoms with van der Waals surface area (Å²) in [6.07, 6.45) is 2.23. The molecule has 1 aliphatic carbocycles. The zero-order valence-corrected chi connectivity index (χ0v) is 11.3. The van der Waals surface area contributed by atoms with Crippen LogP contribution >= 0.6 is 0 Å². The highest BCUT2D eigenvalue weighted by Crippen LogP contribution is 2.38. The first-order chi connectivity index (χ1) is 10.2. The number of nitrogens with zero attached hydrogens (tertiary/aromatic N) is 1. The molecule has 21 heavy (non-hydrogen) atoms. The van der Waals surface area contributed by atoms with E-state index in [9.17, 15) is 14.9 Å². The molecule has 0 saturated heterocycles. The van der Waals surface area contributed by atoms with E-state index in [1.807, 2.05) is 24.3 Å². The second kappa shape index (κ2) is 5.32. The number of para-hydroxylation sites is 1. The molecule has 4 heteroatoms. The van der Waals surface area contributed by atoms with E-state index in [0.717, 1.165) is 29.4 Å². The Morgan fingerprint density at radius 1 is 0.952 bits per heavy atom. The van der Waals surface area contributed by atoms with E-state index in [4.69, 9.17) is 0 Å². The van der Waals surface area contributed by atoms with Gasteiger partial charge < -0.3 is 0 Å². The Balaban J connectivity index is 2.25. The molecule has 0 bridgehead atoms. The van der Waals surface area contributed by atoms with Crippen molar-refractivity contribution in [3.8, 4) is 0 Å². The second-order valence-electron chi connectivity index (χ2n) is 4.94. The van der Waals surface area contributed by atoms with E-state index in [2.05, 4.69) is 0 Å². The summed E-state index contributed by atoms with van der Waals surface area (Å²) in [6, 6.07) is 14.3. The van der Waals surface area contributed by atoms with Gasteiger partial charge in [-0.1, -0.05) is 36.4 Å². The maximum Gasteiger partial charge on any atom is 0.276 e. The fraction of sp³-hybridized carbons (Fsp3) is 0.118. The molecular formula is C17H13NO3. The van der Waals surface area contributed by atoms with Gasteiger partial charge in [0.2, 0.25) is 0 Å². The van der Waals surface area contributed by atoms with Gasteiger partial charge in [-0.25, -0.2) is 0 Å². The predicted molar refractivity (Wildman–Crippen MR) is 80.7 cm³/mol. The Morgan fingerprint density at radius 3 is 2.33 bits per heavy atom. The minimum atomic E-state index is -0.398. The van der Waals surface area contributed by atoms with Gasteiger partial charge in [-0.05, 0) is 35.6 Å². The molecule has 0 heterocycles. The maximum absolute atomic E-state index is 11.6. The van der Waals surface area contributed by atoms with E-state index in [0.29, 0.717) is 17.6 Å². The molecule has 0 amide bonds. The molecule has 0 spiro atoms. The maximum atomic E-state index is 11.6. The molecule has 3 rings (SSSR count). The van der Waals surface area contributed by atoms with Gasteiger partial charge in [-0.3, -0.25) is 14.9 Å². The van der Waals surface area contributed by atoms with Gasteiger partial charge in [0.25, 0.3) is 5.69 Å². The Kier molecular flexibility index (Phi) is 3.36. The number of fused-ring (bicyclic) bond motifs is 1. The smallest absolute Gasteiger partial charge is 0.276 e. The van der Waals surface area contributed by atoms with Crippen LogP contribution in [0.4, 0.5) is 5.69 Å². The molecule has 1 aliphatic rings. The zero-order chi connectivity index (χ0) is 14.8. The summed E-state index contributed by atoms with van der Waals surface area (Å²) in [5, 5.41) is 11.2. The average molecular weight is 279 g/mol. The SMILES string of the molecule is O=CC1=C(c2ccccc2[N+](=O)[O-])CCc2ccccc21. The standard InChI is InChI=1S/C17H13NO3/c19-11-16-13-6-2-1-5-12(13)9-10-14(16)15-7-3-4-8-17(15)18(20)21/h1-8,11H,9-10H2. The summed E-state index contributed by atoms with van der Waals surface area (Å²) in [5.74, 6) is 0. The van der Waals surface area contributed by atoms with Crippen LogP contribution in [-0.2, 0) is 11.2 Å². The van der Waals surface area contributed by atoms with Gasteiger partial charge in [0.05, 0.1) is 10.5 Å². The molecular weight excluding hydrogens is 266 g/mol. The number of allylic oxidation sites excluding steroid dienone is 2. The van der Waals surface area contributed by atoms with E-state index in [-0.39, 0.29) is 5.69 Å². The summed E-state index contributed by atoms with van der Waals surface area (Å²) < 4.78 is 0. The van der Waals surface area contributed by atoms with E-state index in [1.165, 1.54) is 6.07 Å². The van der Waals surface area contributed by atoms with Crippen LogP contribution < -0.4 is 0 Å². The van der Waals surface area contributed by atoms with Gasteiger partial charge in [0.1, 0.15) is 0 Å². The number of aldehydes is 1. The number of nitro benzene ring substituents is 1. The molecule has 2 aromatic rings. The van der Waals surface area contributed by atoms with Crippen LogP contribution in [0.3, 0.4) is 0 Å². The minimum absolute atomic E-state index is 0.0474. The van der Waals surface area contributed by atoms with E-state index in [1.54, 1.807) is 18.2 Å². The van der Waals surface area contributed by atoms with Gasteiger partial charge in [-0.2, -0.15) is 0 Å². The largest absolute Gasteiger partial charge is 0.298 e. The number of carbonyl (C=O) groups excluding carboxylic acids is 1. The predicted octanol–water partition coefficient (Wildman–Crippen LogP) is 3.65. The van der Waals surface area contributed by atoms with Crippen LogP contribution in [0.2, 0.25) is 0 Å². The number of aryl methyl sites for hydroxylation is 1. The number of rotatable bonds is 3. The van der Waals surface area contributed by atoms with Crippen LogP contribution in [0.25, 0.3) is 11.1 Å². The molecule has 2 aromatic carbocycles. The topological polar surface area (TPSA) is 60.2 Å². The zero-order valence-electron chi connectivity index (χ0n) is 11.3.